The van der Waals surface area contributed by atoms with Gasteiger partial charge in [0.1, 0.15) is 0 Å². The van der Waals surface area contributed by atoms with E-state index in [1.54, 1.807) is 0 Å². The van der Waals surface area contributed by atoms with Crippen LogP contribution >= 0.6 is 0 Å². The van der Waals surface area contributed by atoms with Gasteiger partial charge in [-0.3, -0.25) is 4.79 Å². The van der Waals surface area contributed by atoms with E-state index in [-0.39, 0.29) is 11.4 Å². The van der Waals surface area contributed by atoms with E-state index in [1.165, 1.54) is 19.3 Å². The number of unbranched alkanes of at least 4 members (excludes halogenated alkanes) is 1. The lowest BCUT2D eigenvalue weighted by atomic mass is 9.96. The first-order valence-electron chi connectivity index (χ1n) is 7.15. The number of hydrogen-bond donors (Lipinski definition) is 2. The van der Waals surface area contributed by atoms with E-state index in [0.29, 0.717) is 5.92 Å². The lowest BCUT2D eigenvalue weighted by Crippen LogP contribution is -2.52. The second-order valence-corrected chi connectivity index (χ2v) is 5.49. The Morgan fingerprint density at radius 1 is 1.47 bits per heavy atom. The summed E-state index contributed by atoms with van der Waals surface area (Å²) >= 11 is 0. The molecule has 0 aromatic rings. The second kappa shape index (κ2) is 7.00. The molecule has 100 valence electrons. The van der Waals surface area contributed by atoms with E-state index in [1.807, 2.05) is 6.92 Å². The van der Waals surface area contributed by atoms with Crippen LogP contribution in [-0.4, -0.2) is 24.5 Å². The molecule has 0 spiro atoms. The van der Waals surface area contributed by atoms with Crippen LogP contribution in [0.2, 0.25) is 0 Å². The monoisotopic (exact) mass is 240 g/mol. The fourth-order valence-corrected chi connectivity index (χ4v) is 2.46. The van der Waals surface area contributed by atoms with Gasteiger partial charge in [-0.05, 0) is 38.6 Å². The molecule has 1 amide bonds. The zero-order valence-corrected chi connectivity index (χ0v) is 11.6. The molecule has 3 nitrogen and oxygen atoms in total. The van der Waals surface area contributed by atoms with Crippen LogP contribution < -0.4 is 10.6 Å². The van der Waals surface area contributed by atoms with Crippen LogP contribution in [0.4, 0.5) is 0 Å². The highest BCUT2D eigenvalue weighted by molar-refractivity contribution is 5.86. The third-order valence-electron chi connectivity index (χ3n) is 3.96. The van der Waals surface area contributed by atoms with Crippen molar-refractivity contribution in [1.82, 2.24) is 10.6 Å². The SMILES string of the molecule is CCCCC(CC)CNC(=O)C1(C)CCCN1. The number of rotatable bonds is 7. The van der Waals surface area contributed by atoms with E-state index in [9.17, 15) is 4.79 Å². The molecular formula is C14H28N2O. The van der Waals surface area contributed by atoms with E-state index in [0.717, 1.165) is 32.4 Å². The fraction of sp³-hybridized carbons (Fsp3) is 0.929. The van der Waals surface area contributed by atoms with Crippen LogP contribution in [-0.2, 0) is 4.79 Å². The molecule has 1 fully saturated rings. The molecule has 1 aliphatic rings. The van der Waals surface area contributed by atoms with Gasteiger partial charge in [0, 0.05) is 6.54 Å². The standard InChI is InChI=1S/C14H28N2O/c1-4-6-8-12(5-2)11-15-13(17)14(3)9-7-10-16-14/h12,16H,4-11H2,1-3H3,(H,15,17). The summed E-state index contributed by atoms with van der Waals surface area (Å²) in [5, 5.41) is 6.43. The van der Waals surface area contributed by atoms with Crippen LogP contribution in [0.3, 0.4) is 0 Å². The second-order valence-electron chi connectivity index (χ2n) is 5.49. The summed E-state index contributed by atoms with van der Waals surface area (Å²) in [5.41, 5.74) is -0.316. The van der Waals surface area contributed by atoms with Crippen molar-refractivity contribution in [3.05, 3.63) is 0 Å². The third kappa shape index (κ3) is 4.30. The van der Waals surface area contributed by atoms with E-state index >= 15 is 0 Å². The van der Waals surface area contributed by atoms with E-state index in [2.05, 4.69) is 24.5 Å². The Bertz CT molecular complexity index is 234. The van der Waals surface area contributed by atoms with Gasteiger partial charge in [0.2, 0.25) is 5.91 Å². The predicted octanol–water partition coefficient (Wildman–Crippen LogP) is 2.46. The van der Waals surface area contributed by atoms with Crippen molar-refractivity contribution in [1.29, 1.82) is 0 Å². The highest BCUT2D eigenvalue weighted by Gasteiger charge is 2.35. The fourth-order valence-electron chi connectivity index (χ4n) is 2.46. The van der Waals surface area contributed by atoms with Gasteiger partial charge in [-0.2, -0.15) is 0 Å². The van der Waals surface area contributed by atoms with Crippen molar-refractivity contribution in [3.8, 4) is 0 Å². The van der Waals surface area contributed by atoms with Crippen molar-refractivity contribution >= 4 is 5.91 Å². The summed E-state index contributed by atoms with van der Waals surface area (Å²) in [7, 11) is 0. The minimum atomic E-state index is -0.316. The van der Waals surface area contributed by atoms with Gasteiger partial charge in [-0.15, -0.1) is 0 Å². The highest BCUT2D eigenvalue weighted by Crippen LogP contribution is 2.19. The average molecular weight is 240 g/mol. The zero-order valence-electron chi connectivity index (χ0n) is 11.6. The van der Waals surface area contributed by atoms with Gasteiger partial charge in [-0.25, -0.2) is 0 Å². The maximum absolute atomic E-state index is 12.1. The Kier molecular flexibility index (Phi) is 5.96. The number of carbonyl (C=O) groups is 1. The molecule has 2 unspecified atom stereocenters. The molecule has 1 aliphatic heterocycles. The van der Waals surface area contributed by atoms with Crippen molar-refractivity contribution in [3.63, 3.8) is 0 Å². The topological polar surface area (TPSA) is 41.1 Å². The van der Waals surface area contributed by atoms with Gasteiger partial charge in [0.15, 0.2) is 0 Å². The summed E-state index contributed by atoms with van der Waals surface area (Å²) in [5.74, 6) is 0.828. The van der Waals surface area contributed by atoms with E-state index < -0.39 is 0 Å². The molecular weight excluding hydrogens is 212 g/mol. The molecule has 17 heavy (non-hydrogen) atoms. The molecule has 0 radical (unpaired) electrons. The molecule has 1 heterocycles. The number of hydrogen-bond acceptors (Lipinski definition) is 2. The molecule has 0 aromatic heterocycles. The molecule has 2 N–H and O–H groups in total. The van der Waals surface area contributed by atoms with Crippen molar-refractivity contribution < 1.29 is 4.79 Å². The minimum Gasteiger partial charge on any atom is -0.354 e. The number of carbonyl (C=O) groups excluding carboxylic acids is 1. The minimum absolute atomic E-state index is 0.185. The average Bonchev–Trinajstić information content (AvgIpc) is 2.77. The highest BCUT2D eigenvalue weighted by atomic mass is 16.2. The summed E-state index contributed by atoms with van der Waals surface area (Å²) < 4.78 is 0. The van der Waals surface area contributed by atoms with Crippen LogP contribution in [0.1, 0.15) is 59.3 Å². The Morgan fingerprint density at radius 2 is 2.24 bits per heavy atom. The van der Waals surface area contributed by atoms with Gasteiger partial charge >= 0.3 is 0 Å². The summed E-state index contributed by atoms with van der Waals surface area (Å²) in [6, 6.07) is 0. The first-order chi connectivity index (χ1) is 8.12. The van der Waals surface area contributed by atoms with Crippen LogP contribution in [0.15, 0.2) is 0 Å². The smallest absolute Gasteiger partial charge is 0.240 e. The van der Waals surface area contributed by atoms with Crippen LogP contribution in [0.25, 0.3) is 0 Å². The van der Waals surface area contributed by atoms with Crippen molar-refractivity contribution in [2.75, 3.05) is 13.1 Å². The Hall–Kier alpha value is -0.570. The molecule has 2 atom stereocenters. The first-order valence-corrected chi connectivity index (χ1v) is 7.15. The lowest BCUT2D eigenvalue weighted by molar-refractivity contribution is -0.126. The quantitative estimate of drug-likeness (QED) is 0.718. The molecule has 3 heteroatoms. The molecule has 0 saturated carbocycles. The van der Waals surface area contributed by atoms with Gasteiger partial charge in [0.05, 0.1) is 5.54 Å². The van der Waals surface area contributed by atoms with Gasteiger partial charge < -0.3 is 10.6 Å². The predicted molar refractivity (Wildman–Crippen MR) is 72.0 cm³/mol. The van der Waals surface area contributed by atoms with Gasteiger partial charge in [0.25, 0.3) is 0 Å². The Labute approximate surface area is 106 Å². The molecule has 1 saturated heterocycles. The number of nitrogens with one attached hydrogen (secondary N) is 2. The molecule has 1 rings (SSSR count). The van der Waals surface area contributed by atoms with Gasteiger partial charge in [-0.1, -0.05) is 33.1 Å². The van der Waals surface area contributed by atoms with Crippen molar-refractivity contribution in [2.24, 2.45) is 5.92 Å². The number of amides is 1. The maximum atomic E-state index is 12.1. The Morgan fingerprint density at radius 3 is 2.76 bits per heavy atom. The van der Waals surface area contributed by atoms with Crippen molar-refractivity contribution in [2.45, 2.75) is 64.8 Å². The summed E-state index contributed by atoms with van der Waals surface area (Å²) in [6.45, 7) is 8.25. The zero-order chi connectivity index (χ0) is 12.7. The summed E-state index contributed by atoms with van der Waals surface area (Å²) in [6.07, 6.45) is 6.97. The Balaban J connectivity index is 2.30. The first kappa shape index (κ1) is 14.5. The summed E-state index contributed by atoms with van der Waals surface area (Å²) in [4.78, 5) is 12.1. The maximum Gasteiger partial charge on any atom is 0.240 e. The third-order valence-corrected chi connectivity index (χ3v) is 3.96. The molecule has 0 aliphatic carbocycles. The normalized spacial score (nSPS) is 25.8. The van der Waals surface area contributed by atoms with Crippen LogP contribution in [0.5, 0.6) is 0 Å². The molecule has 0 aromatic carbocycles. The van der Waals surface area contributed by atoms with Crippen LogP contribution in [0, 0.1) is 5.92 Å². The lowest BCUT2D eigenvalue weighted by Gasteiger charge is -2.25. The largest absolute Gasteiger partial charge is 0.354 e. The molecule has 0 bridgehead atoms. The van der Waals surface area contributed by atoms with E-state index in [4.69, 9.17) is 0 Å².